The van der Waals surface area contributed by atoms with Gasteiger partial charge < -0.3 is 26.8 Å². The van der Waals surface area contributed by atoms with Gasteiger partial charge in [0.2, 0.25) is 5.78 Å². The SMILES string of the molecule is COc1ccccc1C(=O)c1cnn(-c2cc(C(=O)NC3CC3)ccc2C)c1N.Cc1ccccc1C(=O)c1cnn(-c2cc(C(=O)NC3CC3)ccc2C)c1N. The van der Waals surface area contributed by atoms with Gasteiger partial charge in [0.15, 0.2) is 5.78 Å². The van der Waals surface area contributed by atoms with Crippen molar-refractivity contribution in [2.24, 2.45) is 0 Å². The van der Waals surface area contributed by atoms with Crippen molar-refractivity contribution in [3.63, 3.8) is 0 Å². The van der Waals surface area contributed by atoms with Crippen LogP contribution in [-0.4, -0.2) is 62.1 Å². The number of aromatic nitrogens is 4. The van der Waals surface area contributed by atoms with Gasteiger partial charge in [-0.1, -0.05) is 48.5 Å². The molecule has 57 heavy (non-hydrogen) atoms. The highest BCUT2D eigenvalue weighted by atomic mass is 16.5. The van der Waals surface area contributed by atoms with Crippen LogP contribution in [0.5, 0.6) is 5.75 Å². The van der Waals surface area contributed by atoms with Crippen LogP contribution in [0.2, 0.25) is 0 Å². The summed E-state index contributed by atoms with van der Waals surface area (Å²) in [6.45, 7) is 5.71. The second kappa shape index (κ2) is 16.0. The van der Waals surface area contributed by atoms with E-state index in [0.717, 1.165) is 42.4 Å². The smallest absolute Gasteiger partial charge is 0.251 e. The molecule has 6 N–H and O–H groups in total. The molecule has 0 aliphatic heterocycles. The number of nitrogens with zero attached hydrogens (tertiary/aromatic N) is 4. The number of nitrogens with two attached hydrogens (primary N) is 2. The Bertz CT molecular complexity index is 2530. The molecule has 13 heteroatoms. The van der Waals surface area contributed by atoms with E-state index < -0.39 is 0 Å². The number of carbonyl (C=O) groups is 4. The lowest BCUT2D eigenvalue weighted by Crippen LogP contribution is -2.25. The standard InChI is InChI=1S/C22H22N4O3.C22H22N4O2/c1-13-7-8-14(22(28)25-15-9-10-15)11-18(13)26-21(23)17(12-24-26)20(27)16-5-3-4-6-19(16)29-2;1-13-5-3-4-6-17(13)20(27)18-12-24-26(21(18)23)19-11-15(8-7-14(19)2)22(28)25-16-9-10-16/h3-8,11-12,15H,9-10,23H2,1-2H3,(H,25,28);3-8,11-12,16H,9-10,23H2,1-2H3,(H,25,28). The molecule has 2 saturated carbocycles. The van der Waals surface area contributed by atoms with Gasteiger partial charge in [0.05, 0.1) is 47.6 Å². The zero-order valence-electron chi connectivity index (χ0n) is 32.2. The molecule has 290 valence electrons. The first-order chi connectivity index (χ1) is 27.4. The number of para-hydroxylation sites is 1. The van der Waals surface area contributed by atoms with Crippen molar-refractivity contribution in [3.8, 4) is 17.1 Å². The third-order valence-corrected chi connectivity index (χ3v) is 10.1. The van der Waals surface area contributed by atoms with Gasteiger partial charge in [-0.2, -0.15) is 10.2 Å². The van der Waals surface area contributed by atoms with Crippen molar-refractivity contribution < 1.29 is 23.9 Å². The van der Waals surface area contributed by atoms with E-state index >= 15 is 0 Å². The number of methoxy groups -OCH3 is 1. The highest BCUT2D eigenvalue weighted by Crippen LogP contribution is 2.28. The molecule has 0 bridgehead atoms. The van der Waals surface area contributed by atoms with Crippen LogP contribution in [0.1, 0.15) is 94.9 Å². The average Bonchev–Trinajstić information content (AvgIpc) is 4.14. The van der Waals surface area contributed by atoms with Gasteiger partial charge >= 0.3 is 0 Å². The predicted octanol–water partition coefficient (Wildman–Crippen LogP) is 6.09. The van der Waals surface area contributed by atoms with Crippen molar-refractivity contribution in [1.29, 1.82) is 0 Å². The number of rotatable bonds is 11. The molecule has 2 aliphatic carbocycles. The molecule has 13 nitrogen and oxygen atoms in total. The monoisotopic (exact) mass is 764 g/mol. The minimum atomic E-state index is -0.272. The summed E-state index contributed by atoms with van der Waals surface area (Å²) < 4.78 is 8.30. The second-order valence-corrected chi connectivity index (χ2v) is 14.4. The Morgan fingerprint density at radius 2 is 1.04 bits per heavy atom. The topological polar surface area (TPSA) is 189 Å². The van der Waals surface area contributed by atoms with Gasteiger partial charge in [-0.25, -0.2) is 9.36 Å². The Kier molecular flexibility index (Phi) is 10.7. The summed E-state index contributed by atoms with van der Waals surface area (Å²) in [6, 6.07) is 25.7. The molecule has 0 radical (unpaired) electrons. The minimum absolute atomic E-state index is 0.106. The number of ether oxygens (including phenoxy) is 1. The molecule has 2 aromatic heterocycles. The van der Waals surface area contributed by atoms with Crippen molar-refractivity contribution >= 4 is 35.0 Å². The maximum absolute atomic E-state index is 13.0. The normalized spacial score (nSPS) is 13.3. The van der Waals surface area contributed by atoms with Gasteiger partial charge in [0, 0.05) is 28.8 Å². The van der Waals surface area contributed by atoms with Crippen molar-refractivity contribution in [1.82, 2.24) is 30.2 Å². The number of benzene rings is 4. The third kappa shape index (κ3) is 8.18. The molecule has 2 fully saturated rings. The summed E-state index contributed by atoms with van der Waals surface area (Å²) in [5.41, 5.74) is 19.3. The van der Waals surface area contributed by atoms with Crippen LogP contribution in [0.4, 0.5) is 11.6 Å². The van der Waals surface area contributed by atoms with Crippen LogP contribution in [0.15, 0.2) is 97.3 Å². The summed E-state index contributed by atoms with van der Waals surface area (Å²) in [7, 11) is 1.51. The molecule has 0 saturated heterocycles. The maximum atomic E-state index is 13.0. The van der Waals surface area contributed by atoms with E-state index in [-0.39, 0.29) is 52.7 Å². The fourth-order valence-electron chi connectivity index (χ4n) is 6.35. The van der Waals surface area contributed by atoms with E-state index in [2.05, 4.69) is 20.8 Å². The summed E-state index contributed by atoms with van der Waals surface area (Å²) in [5.74, 6) is 0.281. The molecule has 2 aliphatic rings. The zero-order valence-corrected chi connectivity index (χ0v) is 32.2. The van der Waals surface area contributed by atoms with Crippen molar-refractivity contribution in [3.05, 3.63) is 147 Å². The largest absolute Gasteiger partial charge is 0.496 e. The summed E-state index contributed by atoms with van der Waals surface area (Å²) in [6.07, 6.45) is 7.03. The maximum Gasteiger partial charge on any atom is 0.251 e. The minimum Gasteiger partial charge on any atom is -0.496 e. The Labute approximate surface area is 330 Å². The van der Waals surface area contributed by atoms with Gasteiger partial charge in [-0.05, 0) is 99.5 Å². The van der Waals surface area contributed by atoms with E-state index in [9.17, 15) is 19.2 Å². The molecular weight excluding hydrogens is 721 g/mol. The lowest BCUT2D eigenvalue weighted by molar-refractivity contribution is 0.0942. The van der Waals surface area contributed by atoms with Crippen LogP contribution in [0, 0.1) is 20.8 Å². The summed E-state index contributed by atoms with van der Waals surface area (Å²) >= 11 is 0. The van der Waals surface area contributed by atoms with Crippen LogP contribution in [0.25, 0.3) is 11.4 Å². The van der Waals surface area contributed by atoms with Crippen LogP contribution < -0.4 is 26.8 Å². The van der Waals surface area contributed by atoms with E-state index in [1.165, 1.54) is 28.9 Å². The number of amides is 2. The fourth-order valence-corrected chi connectivity index (χ4v) is 6.35. The molecule has 2 heterocycles. The Hall–Kier alpha value is -7.02. The number of ketones is 2. The van der Waals surface area contributed by atoms with Crippen LogP contribution in [-0.2, 0) is 0 Å². The summed E-state index contributed by atoms with van der Waals surface area (Å²) in [4.78, 5) is 50.7. The molecule has 0 unspecified atom stereocenters. The van der Waals surface area contributed by atoms with Crippen molar-refractivity contribution in [2.45, 2.75) is 58.5 Å². The van der Waals surface area contributed by atoms with E-state index in [1.807, 2.05) is 51.1 Å². The zero-order chi connectivity index (χ0) is 40.4. The molecule has 8 rings (SSSR count). The number of aryl methyl sites for hydroxylation is 3. The first-order valence-electron chi connectivity index (χ1n) is 18.7. The van der Waals surface area contributed by atoms with E-state index in [4.69, 9.17) is 16.2 Å². The lowest BCUT2D eigenvalue weighted by Gasteiger charge is -2.11. The highest BCUT2D eigenvalue weighted by molar-refractivity contribution is 6.13. The number of nitrogens with one attached hydrogen (secondary N) is 2. The van der Waals surface area contributed by atoms with Gasteiger partial charge in [-0.3, -0.25) is 19.2 Å². The first kappa shape index (κ1) is 38.3. The molecule has 0 spiro atoms. The molecule has 0 atom stereocenters. The average molecular weight is 765 g/mol. The Morgan fingerprint density at radius 3 is 1.49 bits per heavy atom. The molecule has 6 aromatic rings. The molecule has 4 aromatic carbocycles. The number of anilines is 2. The quantitative estimate of drug-likeness (QED) is 0.113. The highest BCUT2D eigenvalue weighted by Gasteiger charge is 2.27. The first-order valence-corrected chi connectivity index (χ1v) is 18.7. The number of nitrogen functional groups attached to an aromatic ring is 2. The van der Waals surface area contributed by atoms with Crippen molar-refractivity contribution in [2.75, 3.05) is 18.6 Å². The molecular formula is C44H44N8O5. The third-order valence-electron chi connectivity index (χ3n) is 10.1. The van der Waals surface area contributed by atoms with Crippen LogP contribution in [0.3, 0.4) is 0 Å². The van der Waals surface area contributed by atoms with Gasteiger partial charge in [-0.15, -0.1) is 0 Å². The Balaban J connectivity index is 0.000000174. The lowest BCUT2D eigenvalue weighted by atomic mass is 10.0. The Morgan fingerprint density at radius 1 is 0.596 bits per heavy atom. The van der Waals surface area contributed by atoms with Crippen LogP contribution >= 0.6 is 0 Å². The predicted molar refractivity (Wildman–Crippen MR) is 217 cm³/mol. The van der Waals surface area contributed by atoms with Gasteiger partial charge in [0.1, 0.15) is 17.4 Å². The molecule has 2 amide bonds. The van der Waals surface area contributed by atoms with E-state index in [1.54, 1.807) is 54.6 Å². The van der Waals surface area contributed by atoms with Gasteiger partial charge in [0.25, 0.3) is 11.8 Å². The second-order valence-electron chi connectivity index (χ2n) is 14.4. The fraction of sp³-hybridized carbons (Fsp3) is 0.227. The number of carbonyl (C=O) groups excluding carboxylic acids is 4. The number of hydrogen-bond donors (Lipinski definition) is 4. The van der Waals surface area contributed by atoms with E-state index in [0.29, 0.717) is 44.9 Å². The summed E-state index contributed by atoms with van der Waals surface area (Å²) in [5, 5.41) is 14.6. The number of hydrogen-bond acceptors (Lipinski definition) is 9.